The molecule has 0 atom stereocenters. The van der Waals surface area contributed by atoms with Crippen LogP contribution < -0.4 is 4.18 Å². The molecule has 114 valence electrons. The van der Waals surface area contributed by atoms with Crippen LogP contribution in [0.4, 0.5) is 0 Å². The maximum atomic E-state index is 12.2. The maximum Gasteiger partial charge on any atom is 0.414 e. The maximum absolute atomic E-state index is 12.2. The quantitative estimate of drug-likeness (QED) is 0.823. The van der Waals surface area contributed by atoms with Crippen molar-refractivity contribution in [2.24, 2.45) is 5.92 Å². The lowest BCUT2D eigenvalue weighted by Gasteiger charge is -2.07. The molecule has 1 heterocycles. The standard InChI is InChI=1S/C15H20N2O3S/c1-4-13-5-7-15(8-6-13)20-21(18,19)17-10-14(16-11-17)9-12(2)3/h5-8,10-12H,4,9H2,1-3H3. The number of nitrogens with zero attached hydrogens (tertiary/aromatic N) is 2. The van der Waals surface area contributed by atoms with Gasteiger partial charge in [-0.1, -0.05) is 32.9 Å². The van der Waals surface area contributed by atoms with Crippen LogP contribution in [0.15, 0.2) is 36.8 Å². The lowest BCUT2D eigenvalue weighted by Crippen LogP contribution is -2.17. The lowest BCUT2D eigenvalue weighted by atomic mass is 10.1. The molecule has 0 fully saturated rings. The third-order valence-electron chi connectivity index (χ3n) is 3.02. The molecule has 0 radical (unpaired) electrons. The highest BCUT2D eigenvalue weighted by molar-refractivity contribution is 7.85. The first-order chi connectivity index (χ1) is 9.90. The molecule has 21 heavy (non-hydrogen) atoms. The molecule has 2 aromatic rings. The van der Waals surface area contributed by atoms with Crippen LogP contribution in [0, 0.1) is 5.92 Å². The van der Waals surface area contributed by atoms with Crippen LogP contribution in [-0.4, -0.2) is 17.4 Å². The summed E-state index contributed by atoms with van der Waals surface area (Å²) >= 11 is 0. The van der Waals surface area contributed by atoms with E-state index < -0.39 is 10.3 Å². The van der Waals surface area contributed by atoms with Crippen LogP contribution >= 0.6 is 0 Å². The number of rotatable bonds is 6. The van der Waals surface area contributed by atoms with Crippen molar-refractivity contribution in [3.8, 4) is 5.75 Å². The zero-order chi connectivity index (χ0) is 15.5. The summed E-state index contributed by atoms with van der Waals surface area (Å²) in [7, 11) is -3.89. The van der Waals surface area contributed by atoms with Crippen molar-refractivity contribution in [3.63, 3.8) is 0 Å². The molecule has 1 aromatic carbocycles. The van der Waals surface area contributed by atoms with Crippen molar-refractivity contribution in [1.29, 1.82) is 0 Å². The highest BCUT2D eigenvalue weighted by Crippen LogP contribution is 2.16. The van der Waals surface area contributed by atoms with E-state index in [-0.39, 0.29) is 0 Å². The zero-order valence-electron chi connectivity index (χ0n) is 12.5. The first-order valence-corrected chi connectivity index (χ1v) is 8.34. The van der Waals surface area contributed by atoms with E-state index in [1.54, 1.807) is 12.1 Å². The van der Waals surface area contributed by atoms with Crippen LogP contribution in [0.2, 0.25) is 0 Å². The van der Waals surface area contributed by atoms with Crippen LogP contribution in [0.5, 0.6) is 5.75 Å². The molecule has 0 aliphatic rings. The van der Waals surface area contributed by atoms with Gasteiger partial charge < -0.3 is 4.18 Å². The largest absolute Gasteiger partial charge is 0.414 e. The second kappa shape index (κ2) is 6.30. The van der Waals surface area contributed by atoms with E-state index in [4.69, 9.17) is 4.18 Å². The summed E-state index contributed by atoms with van der Waals surface area (Å²) in [5, 5.41) is 0. The third-order valence-corrected chi connectivity index (χ3v) is 4.14. The first-order valence-electron chi connectivity index (χ1n) is 6.97. The molecule has 2 rings (SSSR count). The molecule has 0 amide bonds. The van der Waals surface area contributed by atoms with Crippen LogP contribution in [0.1, 0.15) is 32.0 Å². The fourth-order valence-electron chi connectivity index (χ4n) is 1.94. The highest BCUT2D eigenvalue weighted by atomic mass is 32.2. The number of benzene rings is 1. The molecular formula is C15H20N2O3S. The molecule has 0 spiro atoms. The summed E-state index contributed by atoms with van der Waals surface area (Å²) in [6.07, 6.45) is 4.39. The molecule has 0 bridgehead atoms. The minimum Gasteiger partial charge on any atom is -0.366 e. The van der Waals surface area contributed by atoms with Gasteiger partial charge in [-0.2, -0.15) is 8.42 Å². The molecule has 6 heteroatoms. The molecule has 0 saturated carbocycles. The molecule has 1 aromatic heterocycles. The van der Waals surface area contributed by atoms with E-state index in [9.17, 15) is 8.42 Å². The van der Waals surface area contributed by atoms with E-state index in [0.29, 0.717) is 11.7 Å². The number of aryl methyl sites for hydroxylation is 1. The van der Waals surface area contributed by atoms with Gasteiger partial charge in [-0.3, -0.25) is 0 Å². The Morgan fingerprint density at radius 3 is 2.48 bits per heavy atom. The van der Waals surface area contributed by atoms with Crippen molar-refractivity contribution >= 4 is 10.3 Å². The zero-order valence-corrected chi connectivity index (χ0v) is 13.3. The molecule has 0 saturated heterocycles. The summed E-state index contributed by atoms with van der Waals surface area (Å²) in [4.78, 5) is 4.10. The van der Waals surface area contributed by atoms with Crippen molar-refractivity contribution in [1.82, 2.24) is 8.96 Å². The average molecular weight is 308 g/mol. The molecule has 0 N–H and O–H groups in total. The number of hydrogen-bond donors (Lipinski definition) is 0. The minimum atomic E-state index is -3.89. The fourth-order valence-corrected chi connectivity index (χ4v) is 2.79. The molecule has 0 aliphatic carbocycles. The highest BCUT2D eigenvalue weighted by Gasteiger charge is 2.16. The van der Waals surface area contributed by atoms with E-state index >= 15 is 0 Å². The van der Waals surface area contributed by atoms with Gasteiger partial charge in [0.2, 0.25) is 0 Å². The fraction of sp³-hybridized carbons (Fsp3) is 0.400. The van der Waals surface area contributed by atoms with Gasteiger partial charge in [0.05, 0.1) is 5.69 Å². The number of imidazole rings is 1. The summed E-state index contributed by atoms with van der Waals surface area (Å²) in [5.41, 5.74) is 1.86. The third kappa shape index (κ3) is 4.07. The van der Waals surface area contributed by atoms with Gasteiger partial charge in [0.15, 0.2) is 0 Å². The van der Waals surface area contributed by atoms with Gasteiger partial charge >= 0.3 is 10.3 Å². The summed E-state index contributed by atoms with van der Waals surface area (Å²) in [6.45, 7) is 6.15. The Morgan fingerprint density at radius 2 is 1.90 bits per heavy atom. The minimum absolute atomic E-state index is 0.298. The second-order valence-electron chi connectivity index (χ2n) is 5.33. The molecule has 0 unspecified atom stereocenters. The molecule has 5 nitrogen and oxygen atoms in total. The average Bonchev–Trinajstić information content (AvgIpc) is 2.88. The Kier molecular flexibility index (Phi) is 4.67. The van der Waals surface area contributed by atoms with Crippen LogP contribution in [0.3, 0.4) is 0 Å². The normalized spacial score (nSPS) is 11.8. The van der Waals surface area contributed by atoms with Crippen molar-refractivity contribution in [3.05, 3.63) is 48.0 Å². The predicted octanol–water partition coefficient (Wildman–Crippen LogP) is 2.82. The molecule has 0 aliphatic heterocycles. The second-order valence-corrected chi connectivity index (χ2v) is 6.78. The Balaban J connectivity index is 2.15. The van der Waals surface area contributed by atoms with E-state index in [2.05, 4.69) is 18.8 Å². The van der Waals surface area contributed by atoms with Gasteiger partial charge in [-0.05, 0) is 36.5 Å². The number of hydrogen-bond acceptors (Lipinski definition) is 4. The van der Waals surface area contributed by atoms with Crippen molar-refractivity contribution in [2.75, 3.05) is 0 Å². The van der Waals surface area contributed by atoms with Gasteiger partial charge in [-0.25, -0.2) is 8.96 Å². The Hall–Kier alpha value is -1.82. The van der Waals surface area contributed by atoms with Gasteiger partial charge in [0.1, 0.15) is 12.1 Å². The van der Waals surface area contributed by atoms with Gasteiger partial charge in [0.25, 0.3) is 0 Å². The van der Waals surface area contributed by atoms with E-state index in [0.717, 1.165) is 28.1 Å². The summed E-state index contributed by atoms with van der Waals surface area (Å²) in [5.74, 6) is 0.713. The van der Waals surface area contributed by atoms with Gasteiger partial charge in [-0.15, -0.1) is 0 Å². The number of aromatic nitrogens is 2. The first kappa shape index (κ1) is 15.6. The topological polar surface area (TPSA) is 61.2 Å². The van der Waals surface area contributed by atoms with Crippen LogP contribution in [-0.2, 0) is 23.1 Å². The van der Waals surface area contributed by atoms with Gasteiger partial charge in [0, 0.05) is 6.20 Å². The monoisotopic (exact) mass is 308 g/mol. The SMILES string of the molecule is CCc1ccc(OS(=O)(=O)n2cnc(CC(C)C)c2)cc1. The predicted molar refractivity (Wildman–Crippen MR) is 81.5 cm³/mol. The van der Waals surface area contributed by atoms with E-state index in [1.807, 2.05) is 19.1 Å². The van der Waals surface area contributed by atoms with Crippen LogP contribution in [0.25, 0.3) is 0 Å². The van der Waals surface area contributed by atoms with E-state index in [1.165, 1.54) is 12.5 Å². The Morgan fingerprint density at radius 1 is 1.24 bits per heavy atom. The smallest absolute Gasteiger partial charge is 0.366 e. The molecular weight excluding hydrogens is 288 g/mol. The lowest BCUT2D eigenvalue weighted by molar-refractivity contribution is 0.475. The Labute approximate surface area is 125 Å². The van der Waals surface area contributed by atoms with Crippen molar-refractivity contribution in [2.45, 2.75) is 33.6 Å². The Bertz CT molecular complexity index is 688. The summed E-state index contributed by atoms with van der Waals surface area (Å²) in [6, 6.07) is 7.01. The van der Waals surface area contributed by atoms with Crippen molar-refractivity contribution < 1.29 is 12.6 Å². The summed E-state index contributed by atoms with van der Waals surface area (Å²) < 4.78 is 30.4.